The molecule has 0 heterocycles. The van der Waals surface area contributed by atoms with E-state index in [0.29, 0.717) is 0 Å². The Morgan fingerprint density at radius 1 is 0.455 bits per heavy atom. The summed E-state index contributed by atoms with van der Waals surface area (Å²) >= 11 is 0. The molecule has 0 aromatic carbocycles. The molecule has 0 aromatic heterocycles. The first-order valence-corrected chi connectivity index (χ1v) is 5.95. The molecule has 10 heteroatoms. The molecular weight excluding hydrogens is 304 g/mol. The number of carbonyl (C=O) groups excluding carboxylic acids is 2. The third-order valence-electron chi connectivity index (χ3n) is 1.93. The molecule has 10 nitrogen and oxygen atoms in total. The summed E-state index contributed by atoms with van der Waals surface area (Å²) in [6, 6.07) is 0. The van der Waals surface area contributed by atoms with Gasteiger partial charge in [-0.15, -0.1) is 0 Å². The summed E-state index contributed by atoms with van der Waals surface area (Å²) in [5, 5.41) is 32.4. The van der Waals surface area contributed by atoms with Crippen molar-refractivity contribution in [3.05, 3.63) is 0 Å². The van der Waals surface area contributed by atoms with E-state index in [-0.39, 0.29) is 25.7 Å². The molecule has 0 saturated heterocycles. The summed E-state index contributed by atoms with van der Waals surface area (Å²) < 4.78 is 0. The maximum absolute atomic E-state index is 10.5. The topological polar surface area (TPSA) is 183 Å². The van der Waals surface area contributed by atoms with Crippen molar-refractivity contribution in [3.63, 3.8) is 0 Å². The first kappa shape index (κ1) is 21.5. The fourth-order valence-electron chi connectivity index (χ4n) is 1.01. The number of Topliss-reactive ketones (excluding diaryl/α,β-unsaturated/α-hetero) is 2. The quantitative estimate of drug-likeness (QED) is 0.392. The van der Waals surface area contributed by atoms with Crippen molar-refractivity contribution in [1.29, 1.82) is 0 Å². The van der Waals surface area contributed by atoms with Gasteiger partial charge in [-0.1, -0.05) is 0 Å². The molecule has 0 aliphatic heterocycles. The largest absolute Gasteiger partial charge is 0.481 e. The fourth-order valence-corrected chi connectivity index (χ4v) is 1.01. The fraction of sp³-hybridized carbons (Fsp3) is 0.500. The maximum atomic E-state index is 10.5. The van der Waals surface area contributed by atoms with E-state index in [9.17, 15) is 28.8 Å². The van der Waals surface area contributed by atoms with Crippen LogP contribution < -0.4 is 0 Å². The number of carbonyl (C=O) groups is 6. The number of hydrogen-bond donors (Lipinski definition) is 4. The summed E-state index contributed by atoms with van der Waals surface area (Å²) in [6.07, 6.45) is -2.19. The van der Waals surface area contributed by atoms with Gasteiger partial charge in [0.25, 0.3) is 0 Å². The van der Waals surface area contributed by atoms with Gasteiger partial charge in [0.1, 0.15) is 24.4 Å². The van der Waals surface area contributed by atoms with Crippen molar-refractivity contribution < 1.29 is 49.2 Å². The van der Waals surface area contributed by atoms with Gasteiger partial charge in [-0.2, -0.15) is 0 Å². The predicted octanol–water partition coefficient (Wildman–Crippen LogP) is -0.210. The molecule has 0 aliphatic carbocycles. The monoisotopic (exact) mass is 320 g/mol. The molecule has 124 valence electrons. The minimum absolute atomic E-state index is 0.207. The molecule has 0 fully saturated rings. The maximum Gasteiger partial charge on any atom is 0.310 e. The second kappa shape index (κ2) is 12.0. The summed E-state index contributed by atoms with van der Waals surface area (Å²) in [5.74, 6) is -5.74. The van der Waals surface area contributed by atoms with Gasteiger partial charge in [-0.05, 0) is 0 Å². The molecule has 0 unspecified atom stereocenters. The Morgan fingerprint density at radius 3 is 0.909 bits per heavy atom. The Morgan fingerprint density at radius 2 is 0.727 bits per heavy atom. The smallest absolute Gasteiger partial charge is 0.310 e. The molecule has 0 atom stereocenters. The number of carboxylic acid groups (broad SMARTS) is 4. The van der Waals surface area contributed by atoms with E-state index in [0.717, 1.165) is 0 Å². The standard InChI is InChI=1S/2C6H8O5/c2*7-4(3-6(10)11)1-2-5(8)9/h2*1-3H2,(H,8,9)(H,10,11). The van der Waals surface area contributed by atoms with E-state index in [2.05, 4.69) is 0 Å². The highest BCUT2D eigenvalue weighted by atomic mass is 16.4. The second-order valence-electron chi connectivity index (χ2n) is 4.01. The Bertz CT molecular complexity index is 409. The molecule has 22 heavy (non-hydrogen) atoms. The van der Waals surface area contributed by atoms with E-state index in [1.54, 1.807) is 0 Å². The van der Waals surface area contributed by atoms with Gasteiger partial charge in [-0.25, -0.2) is 0 Å². The molecule has 0 rings (SSSR count). The van der Waals surface area contributed by atoms with Crippen LogP contribution >= 0.6 is 0 Å². The van der Waals surface area contributed by atoms with Crippen LogP contribution in [0, 0.1) is 0 Å². The highest BCUT2D eigenvalue weighted by Gasteiger charge is 2.09. The first-order valence-electron chi connectivity index (χ1n) is 5.95. The van der Waals surface area contributed by atoms with Crippen LogP contribution in [0.25, 0.3) is 0 Å². The third kappa shape index (κ3) is 19.6. The van der Waals surface area contributed by atoms with E-state index in [1.165, 1.54) is 0 Å². The first-order chi connectivity index (χ1) is 10.0. The van der Waals surface area contributed by atoms with Gasteiger partial charge in [0.15, 0.2) is 0 Å². The second-order valence-corrected chi connectivity index (χ2v) is 4.01. The minimum Gasteiger partial charge on any atom is -0.481 e. The number of carboxylic acids is 4. The third-order valence-corrected chi connectivity index (χ3v) is 1.93. The van der Waals surface area contributed by atoms with Gasteiger partial charge in [-0.3, -0.25) is 28.8 Å². The molecule has 0 bridgehead atoms. The van der Waals surface area contributed by atoms with E-state index in [1.807, 2.05) is 0 Å². The van der Waals surface area contributed by atoms with Crippen molar-refractivity contribution in [1.82, 2.24) is 0 Å². The average molecular weight is 320 g/mol. The Hall–Kier alpha value is -2.78. The van der Waals surface area contributed by atoms with Crippen molar-refractivity contribution in [2.45, 2.75) is 38.5 Å². The zero-order chi connectivity index (χ0) is 17.7. The zero-order valence-electron chi connectivity index (χ0n) is 11.5. The van der Waals surface area contributed by atoms with E-state index < -0.39 is 48.3 Å². The number of rotatable bonds is 10. The lowest BCUT2D eigenvalue weighted by Gasteiger charge is -1.92. The van der Waals surface area contributed by atoms with E-state index in [4.69, 9.17) is 20.4 Å². The molecular formula is C12H16O10. The van der Waals surface area contributed by atoms with Crippen LogP contribution in [-0.2, 0) is 28.8 Å². The lowest BCUT2D eigenvalue weighted by molar-refractivity contribution is -0.143. The molecule has 0 aliphatic rings. The normalized spacial score (nSPS) is 9.09. The van der Waals surface area contributed by atoms with Gasteiger partial charge < -0.3 is 20.4 Å². The Kier molecular flexibility index (Phi) is 11.7. The molecule has 0 amide bonds. The van der Waals surface area contributed by atoms with Gasteiger partial charge in [0.05, 0.1) is 12.8 Å². The van der Waals surface area contributed by atoms with Crippen LogP contribution in [0.5, 0.6) is 0 Å². The lowest BCUT2D eigenvalue weighted by Crippen LogP contribution is -2.08. The van der Waals surface area contributed by atoms with Crippen molar-refractivity contribution in [2.24, 2.45) is 0 Å². The molecule has 0 radical (unpaired) electrons. The summed E-state index contributed by atoms with van der Waals surface area (Å²) in [5.41, 5.74) is 0. The van der Waals surface area contributed by atoms with Gasteiger partial charge in [0.2, 0.25) is 0 Å². The number of aliphatic carboxylic acids is 4. The highest BCUT2D eigenvalue weighted by Crippen LogP contribution is 1.95. The van der Waals surface area contributed by atoms with Gasteiger partial charge in [0, 0.05) is 12.8 Å². The summed E-state index contributed by atoms with van der Waals surface area (Å²) in [4.78, 5) is 60.6. The van der Waals surface area contributed by atoms with E-state index >= 15 is 0 Å². The molecule has 0 aromatic rings. The average Bonchev–Trinajstić information content (AvgIpc) is 2.33. The van der Waals surface area contributed by atoms with Crippen LogP contribution in [-0.4, -0.2) is 55.9 Å². The predicted molar refractivity (Wildman–Crippen MR) is 68.3 cm³/mol. The van der Waals surface area contributed by atoms with Crippen LogP contribution in [0.15, 0.2) is 0 Å². The van der Waals surface area contributed by atoms with Crippen LogP contribution in [0.4, 0.5) is 0 Å². The Balaban J connectivity index is 0. The zero-order valence-corrected chi connectivity index (χ0v) is 11.5. The van der Waals surface area contributed by atoms with Crippen molar-refractivity contribution in [2.75, 3.05) is 0 Å². The highest BCUT2D eigenvalue weighted by molar-refractivity contribution is 5.96. The molecule has 0 saturated carbocycles. The molecule has 0 spiro atoms. The minimum atomic E-state index is -1.22. The summed E-state index contributed by atoms with van der Waals surface area (Å²) in [6.45, 7) is 0. The summed E-state index contributed by atoms with van der Waals surface area (Å²) in [7, 11) is 0. The van der Waals surface area contributed by atoms with Gasteiger partial charge >= 0.3 is 23.9 Å². The van der Waals surface area contributed by atoms with Crippen LogP contribution in [0.3, 0.4) is 0 Å². The van der Waals surface area contributed by atoms with Crippen LogP contribution in [0.1, 0.15) is 38.5 Å². The number of ketones is 2. The van der Waals surface area contributed by atoms with Crippen LogP contribution in [0.2, 0.25) is 0 Å². The number of hydrogen-bond acceptors (Lipinski definition) is 6. The van der Waals surface area contributed by atoms with Crippen molar-refractivity contribution in [3.8, 4) is 0 Å². The molecule has 4 N–H and O–H groups in total. The lowest BCUT2D eigenvalue weighted by atomic mass is 10.2. The SMILES string of the molecule is O=C(O)CCC(=O)CC(=O)O.O=C(O)CCC(=O)CC(=O)O. The Labute approximate surface area is 124 Å². The van der Waals surface area contributed by atoms with Crippen molar-refractivity contribution >= 4 is 35.4 Å².